The number of thioether (sulfide) groups is 1. The highest BCUT2D eigenvalue weighted by atomic mass is 32.2. The van der Waals surface area contributed by atoms with Crippen molar-refractivity contribution >= 4 is 29.3 Å². The predicted molar refractivity (Wildman–Crippen MR) is 97.1 cm³/mol. The maximum atomic E-state index is 12.1. The van der Waals surface area contributed by atoms with Crippen LogP contribution in [0.15, 0.2) is 59.5 Å². The fraction of sp³-hybridized carbons (Fsp3) is 0.263. The molecule has 1 unspecified atom stereocenters. The Morgan fingerprint density at radius 1 is 1.08 bits per heavy atom. The molecule has 0 saturated carbocycles. The van der Waals surface area contributed by atoms with Crippen LogP contribution >= 0.6 is 11.8 Å². The first-order valence-corrected chi connectivity index (χ1v) is 8.97. The van der Waals surface area contributed by atoms with E-state index in [1.807, 2.05) is 42.5 Å². The van der Waals surface area contributed by atoms with Gasteiger partial charge >= 0.3 is 0 Å². The maximum absolute atomic E-state index is 12.1. The van der Waals surface area contributed by atoms with Gasteiger partial charge in [0.05, 0.1) is 10.9 Å². The molecule has 0 fully saturated rings. The van der Waals surface area contributed by atoms with Crippen molar-refractivity contribution in [2.24, 2.45) is 0 Å². The Kier molecular flexibility index (Phi) is 5.54. The molecule has 5 heteroatoms. The fourth-order valence-electron chi connectivity index (χ4n) is 2.63. The van der Waals surface area contributed by atoms with E-state index in [9.17, 15) is 9.59 Å². The van der Waals surface area contributed by atoms with E-state index in [4.69, 9.17) is 0 Å². The fourth-order valence-corrected chi connectivity index (χ4v) is 3.74. The third kappa shape index (κ3) is 4.38. The summed E-state index contributed by atoms with van der Waals surface area (Å²) in [6.07, 6.45) is 2.03. The van der Waals surface area contributed by atoms with Crippen molar-refractivity contribution < 1.29 is 9.59 Å². The van der Waals surface area contributed by atoms with Gasteiger partial charge in [-0.25, -0.2) is 0 Å². The molecular formula is C19H20N2O2S. The predicted octanol–water partition coefficient (Wildman–Crippen LogP) is 3.24. The summed E-state index contributed by atoms with van der Waals surface area (Å²) in [4.78, 5) is 25.2. The Labute approximate surface area is 146 Å². The molecule has 2 N–H and O–H groups in total. The van der Waals surface area contributed by atoms with Gasteiger partial charge in [-0.15, -0.1) is 11.8 Å². The van der Waals surface area contributed by atoms with Crippen LogP contribution in [-0.2, 0) is 16.0 Å². The van der Waals surface area contributed by atoms with Gasteiger partial charge in [0.1, 0.15) is 0 Å². The van der Waals surface area contributed by atoms with Gasteiger partial charge < -0.3 is 10.6 Å². The monoisotopic (exact) mass is 340 g/mol. The first kappa shape index (κ1) is 16.6. The molecular weight excluding hydrogens is 320 g/mol. The van der Waals surface area contributed by atoms with Gasteiger partial charge in [0.15, 0.2) is 0 Å². The number of aryl methyl sites for hydroxylation is 1. The lowest BCUT2D eigenvalue weighted by molar-refractivity contribution is -0.124. The molecule has 0 spiro atoms. The molecule has 2 amide bonds. The lowest BCUT2D eigenvalue weighted by atomic mass is 10.1. The van der Waals surface area contributed by atoms with E-state index in [2.05, 4.69) is 22.8 Å². The van der Waals surface area contributed by atoms with Crippen molar-refractivity contribution in [1.29, 1.82) is 0 Å². The minimum atomic E-state index is -0.367. The van der Waals surface area contributed by atoms with Crippen molar-refractivity contribution in [1.82, 2.24) is 5.32 Å². The zero-order chi connectivity index (χ0) is 16.8. The molecule has 0 aliphatic carbocycles. The number of nitrogens with one attached hydrogen (secondary N) is 2. The van der Waals surface area contributed by atoms with Gasteiger partial charge in [-0.3, -0.25) is 9.59 Å². The molecule has 0 radical (unpaired) electrons. The summed E-state index contributed by atoms with van der Waals surface area (Å²) in [5, 5.41) is 5.41. The van der Waals surface area contributed by atoms with Gasteiger partial charge in [-0.05, 0) is 30.5 Å². The van der Waals surface area contributed by atoms with Crippen LogP contribution in [0.5, 0.6) is 0 Å². The third-order valence-corrected chi connectivity index (χ3v) is 5.16. The minimum Gasteiger partial charge on any atom is -0.356 e. The van der Waals surface area contributed by atoms with Crippen LogP contribution in [0.3, 0.4) is 0 Å². The second-order valence-corrected chi connectivity index (χ2v) is 6.98. The number of hydrogen-bond donors (Lipinski definition) is 2. The van der Waals surface area contributed by atoms with Gasteiger partial charge in [-0.2, -0.15) is 0 Å². The molecule has 3 rings (SSSR count). The van der Waals surface area contributed by atoms with E-state index in [0.717, 1.165) is 23.4 Å². The first-order chi connectivity index (χ1) is 11.7. The summed E-state index contributed by atoms with van der Waals surface area (Å²) in [5.74, 6) is -0.173. The summed E-state index contributed by atoms with van der Waals surface area (Å²) >= 11 is 1.46. The second kappa shape index (κ2) is 8.02. The van der Waals surface area contributed by atoms with E-state index in [-0.39, 0.29) is 23.5 Å². The Hall–Kier alpha value is -2.27. The van der Waals surface area contributed by atoms with Crippen molar-refractivity contribution in [3.63, 3.8) is 0 Å². The summed E-state index contributed by atoms with van der Waals surface area (Å²) < 4.78 is 0. The Morgan fingerprint density at radius 2 is 1.83 bits per heavy atom. The lowest BCUT2D eigenvalue weighted by Gasteiger charge is -2.23. The van der Waals surface area contributed by atoms with Gasteiger partial charge in [0.25, 0.3) is 0 Å². The summed E-state index contributed by atoms with van der Waals surface area (Å²) in [7, 11) is 0. The highest BCUT2D eigenvalue weighted by Gasteiger charge is 2.28. The topological polar surface area (TPSA) is 58.2 Å². The maximum Gasteiger partial charge on any atom is 0.238 e. The van der Waals surface area contributed by atoms with Crippen LogP contribution in [0.1, 0.15) is 18.4 Å². The van der Waals surface area contributed by atoms with Crippen molar-refractivity contribution in [3.05, 3.63) is 60.2 Å². The molecule has 24 heavy (non-hydrogen) atoms. The molecule has 0 saturated heterocycles. The highest BCUT2D eigenvalue weighted by molar-refractivity contribution is 8.01. The molecule has 2 aromatic carbocycles. The van der Waals surface area contributed by atoms with E-state index in [1.54, 1.807) is 0 Å². The molecule has 1 aliphatic rings. The average molecular weight is 340 g/mol. The lowest BCUT2D eigenvalue weighted by Crippen LogP contribution is -2.35. The Bertz CT molecular complexity index is 718. The number of carbonyl (C=O) groups excluding carboxylic acids is 2. The zero-order valence-electron chi connectivity index (χ0n) is 13.3. The summed E-state index contributed by atoms with van der Waals surface area (Å²) in [5.41, 5.74) is 2.09. The number of benzene rings is 2. The smallest absolute Gasteiger partial charge is 0.238 e. The average Bonchev–Trinajstić information content (AvgIpc) is 2.60. The molecule has 2 aromatic rings. The van der Waals surface area contributed by atoms with Crippen molar-refractivity contribution in [3.8, 4) is 0 Å². The van der Waals surface area contributed by atoms with Gasteiger partial charge in [0, 0.05) is 17.9 Å². The van der Waals surface area contributed by atoms with E-state index >= 15 is 0 Å². The quantitative estimate of drug-likeness (QED) is 0.794. The second-order valence-electron chi connectivity index (χ2n) is 5.74. The highest BCUT2D eigenvalue weighted by Crippen LogP contribution is 2.36. The van der Waals surface area contributed by atoms with Gasteiger partial charge in [-0.1, -0.05) is 42.5 Å². The van der Waals surface area contributed by atoms with Crippen LogP contribution in [0.2, 0.25) is 0 Å². The summed E-state index contributed by atoms with van der Waals surface area (Å²) in [6.45, 7) is 0.628. The third-order valence-electron chi connectivity index (χ3n) is 3.88. The SMILES string of the molecule is O=C(CC1Sc2ccccc2NC1=O)NCCCc1ccccc1. The summed E-state index contributed by atoms with van der Waals surface area (Å²) in [6, 6.07) is 17.9. The van der Waals surface area contributed by atoms with Gasteiger partial charge in [0.2, 0.25) is 11.8 Å². The molecule has 1 atom stereocenters. The molecule has 1 aliphatic heterocycles. The number of para-hydroxylation sites is 1. The van der Waals surface area contributed by atoms with Crippen LogP contribution in [0.4, 0.5) is 5.69 Å². The number of amides is 2. The van der Waals surface area contributed by atoms with E-state index < -0.39 is 0 Å². The number of hydrogen-bond acceptors (Lipinski definition) is 3. The first-order valence-electron chi connectivity index (χ1n) is 8.09. The molecule has 124 valence electrons. The number of rotatable bonds is 6. The molecule has 0 bridgehead atoms. The Morgan fingerprint density at radius 3 is 2.67 bits per heavy atom. The largest absolute Gasteiger partial charge is 0.356 e. The molecule has 4 nitrogen and oxygen atoms in total. The van der Waals surface area contributed by atoms with Crippen LogP contribution < -0.4 is 10.6 Å². The van der Waals surface area contributed by atoms with Crippen molar-refractivity contribution in [2.45, 2.75) is 29.4 Å². The normalized spacial score (nSPS) is 16.2. The molecule has 0 aromatic heterocycles. The van der Waals surface area contributed by atoms with Crippen LogP contribution in [-0.4, -0.2) is 23.6 Å². The standard InChI is InChI=1S/C19H20N2O2S/c22-18(20-12-6-9-14-7-2-1-3-8-14)13-17-19(23)21-15-10-4-5-11-16(15)24-17/h1-5,7-8,10-11,17H,6,9,12-13H2,(H,20,22)(H,21,23). The minimum absolute atomic E-state index is 0.0740. The van der Waals surface area contributed by atoms with Crippen LogP contribution in [0, 0.1) is 0 Å². The van der Waals surface area contributed by atoms with Crippen molar-refractivity contribution in [2.75, 3.05) is 11.9 Å². The van der Waals surface area contributed by atoms with E-state index in [1.165, 1.54) is 17.3 Å². The Balaban J connectivity index is 1.43. The zero-order valence-corrected chi connectivity index (χ0v) is 14.1. The van der Waals surface area contributed by atoms with Crippen LogP contribution in [0.25, 0.3) is 0 Å². The number of fused-ring (bicyclic) bond motifs is 1. The van der Waals surface area contributed by atoms with E-state index in [0.29, 0.717) is 6.54 Å². The number of anilines is 1. The number of carbonyl (C=O) groups is 2. The molecule has 1 heterocycles.